The molecular formula is C12H11N3O2. The van der Waals surface area contributed by atoms with Crippen molar-refractivity contribution in [3.8, 4) is 0 Å². The highest BCUT2D eigenvalue weighted by molar-refractivity contribution is 5.88. The Morgan fingerprint density at radius 1 is 1.53 bits per heavy atom. The number of fused-ring (bicyclic) bond motifs is 3. The van der Waals surface area contributed by atoms with Gasteiger partial charge in [-0.05, 0) is 24.1 Å². The van der Waals surface area contributed by atoms with Crippen molar-refractivity contribution >= 4 is 22.8 Å². The zero-order valence-corrected chi connectivity index (χ0v) is 9.27. The number of benzene rings is 1. The summed E-state index contributed by atoms with van der Waals surface area (Å²) in [5, 5.41) is 8.90. The van der Waals surface area contributed by atoms with Gasteiger partial charge in [0.05, 0.1) is 11.0 Å². The van der Waals surface area contributed by atoms with E-state index in [0.717, 1.165) is 17.5 Å². The number of aryl methyl sites for hydroxylation is 1. The summed E-state index contributed by atoms with van der Waals surface area (Å²) in [7, 11) is 0. The van der Waals surface area contributed by atoms with Gasteiger partial charge in [-0.15, -0.1) is 0 Å². The van der Waals surface area contributed by atoms with E-state index in [1.165, 1.54) is 5.56 Å². The van der Waals surface area contributed by atoms with Gasteiger partial charge in [0.2, 0.25) is 5.78 Å². The van der Waals surface area contributed by atoms with Crippen molar-refractivity contribution in [2.75, 3.05) is 0 Å². The Bertz CT molecular complexity index is 724. The zero-order chi connectivity index (χ0) is 12.0. The molecule has 0 saturated heterocycles. The molecule has 5 heteroatoms. The molecule has 0 radical (unpaired) electrons. The topological polar surface area (TPSA) is 70.4 Å². The van der Waals surface area contributed by atoms with E-state index in [9.17, 15) is 4.79 Å². The minimum Gasteiger partial charge on any atom is -0.477 e. The molecule has 0 amide bonds. The van der Waals surface area contributed by atoms with Gasteiger partial charge in [0.1, 0.15) is 5.69 Å². The molecule has 0 atom stereocenters. The summed E-state index contributed by atoms with van der Waals surface area (Å²) in [4.78, 5) is 18.0. The number of carboxylic acid groups (broad SMARTS) is 1. The Morgan fingerprint density at radius 2 is 2.35 bits per heavy atom. The zero-order valence-electron chi connectivity index (χ0n) is 9.27. The molecule has 0 aliphatic rings. The Kier molecular flexibility index (Phi) is 1.95. The summed E-state index contributed by atoms with van der Waals surface area (Å²) in [6, 6.07) is 6.02. The molecule has 0 unspecified atom stereocenters. The van der Waals surface area contributed by atoms with Crippen LogP contribution >= 0.6 is 0 Å². The van der Waals surface area contributed by atoms with Crippen LogP contribution in [-0.2, 0) is 6.42 Å². The number of nitrogens with zero attached hydrogens (tertiary/aromatic N) is 2. The number of carboxylic acids is 1. The molecule has 0 aliphatic carbocycles. The second kappa shape index (κ2) is 3.35. The molecule has 3 aromatic rings. The van der Waals surface area contributed by atoms with Crippen LogP contribution in [0.1, 0.15) is 23.0 Å². The fourth-order valence-electron chi connectivity index (χ4n) is 1.97. The summed E-state index contributed by atoms with van der Waals surface area (Å²) < 4.78 is 1.78. The highest BCUT2D eigenvalue weighted by Gasteiger charge is 2.11. The first-order valence-electron chi connectivity index (χ1n) is 5.42. The van der Waals surface area contributed by atoms with Crippen molar-refractivity contribution in [3.05, 3.63) is 35.7 Å². The van der Waals surface area contributed by atoms with E-state index in [-0.39, 0.29) is 5.69 Å². The van der Waals surface area contributed by atoms with Gasteiger partial charge in [0, 0.05) is 6.20 Å². The van der Waals surface area contributed by atoms with Crippen LogP contribution in [0.2, 0.25) is 0 Å². The highest BCUT2D eigenvalue weighted by atomic mass is 16.4. The van der Waals surface area contributed by atoms with Gasteiger partial charge in [-0.25, -0.2) is 9.78 Å². The highest BCUT2D eigenvalue weighted by Crippen LogP contribution is 2.18. The molecule has 0 bridgehead atoms. The van der Waals surface area contributed by atoms with Crippen LogP contribution in [-0.4, -0.2) is 25.4 Å². The fraction of sp³-hybridized carbons (Fsp3) is 0.167. The number of nitrogens with one attached hydrogen (secondary N) is 1. The van der Waals surface area contributed by atoms with E-state index < -0.39 is 5.97 Å². The van der Waals surface area contributed by atoms with Crippen molar-refractivity contribution in [1.29, 1.82) is 0 Å². The van der Waals surface area contributed by atoms with Crippen molar-refractivity contribution < 1.29 is 9.90 Å². The molecule has 2 heterocycles. The summed E-state index contributed by atoms with van der Waals surface area (Å²) in [6.45, 7) is 2.08. The van der Waals surface area contributed by atoms with Gasteiger partial charge in [0.15, 0.2) is 0 Å². The van der Waals surface area contributed by atoms with Gasteiger partial charge in [0.25, 0.3) is 0 Å². The molecule has 1 aromatic carbocycles. The lowest BCUT2D eigenvalue weighted by Gasteiger charge is -1.95. The maximum Gasteiger partial charge on any atom is 0.353 e. The molecule has 86 valence electrons. The van der Waals surface area contributed by atoms with Crippen LogP contribution in [0.15, 0.2) is 24.4 Å². The average molecular weight is 229 g/mol. The first kappa shape index (κ1) is 9.89. The Morgan fingerprint density at radius 3 is 3.06 bits per heavy atom. The summed E-state index contributed by atoms with van der Waals surface area (Å²) >= 11 is 0. The van der Waals surface area contributed by atoms with Crippen molar-refractivity contribution in [2.24, 2.45) is 0 Å². The largest absolute Gasteiger partial charge is 0.477 e. The minimum atomic E-state index is -0.977. The van der Waals surface area contributed by atoms with Crippen molar-refractivity contribution in [2.45, 2.75) is 13.3 Å². The molecule has 0 fully saturated rings. The lowest BCUT2D eigenvalue weighted by molar-refractivity contribution is 0.0691. The predicted octanol–water partition coefficient (Wildman–Crippen LogP) is 2.08. The maximum atomic E-state index is 10.9. The molecule has 5 nitrogen and oxygen atoms in total. The molecular weight excluding hydrogens is 218 g/mol. The normalized spacial score (nSPS) is 11.4. The standard InChI is InChI=1S/C12H11N3O2/c1-2-7-3-4-8-10(5-7)15-6-9(11(16)17)14-12(15)13-8/h3-6H,2H2,1H3,(H,13,14)(H,16,17). The maximum absolute atomic E-state index is 10.9. The van der Waals surface area contributed by atoms with Gasteiger partial charge in [-0.2, -0.15) is 0 Å². The number of rotatable bonds is 2. The Balaban J connectivity index is 2.33. The molecule has 17 heavy (non-hydrogen) atoms. The van der Waals surface area contributed by atoms with E-state index in [1.54, 1.807) is 10.6 Å². The van der Waals surface area contributed by atoms with Crippen LogP contribution in [0.3, 0.4) is 0 Å². The van der Waals surface area contributed by atoms with E-state index in [0.29, 0.717) is 5.78 Å². The summed E-state index contributed by atoms with van der Waals surface area (Å²) in [5.74, 6) is -0.416. The van der Waals surface area contributed by atoms with Crippen LogP contribution < -0.4 is 0 Å². The Hall–Kier alpha value is -2.30. The molecule has 2 N–H and O–H groups in total. The van der Waals surface area contributed by atoms with E-state index in [1.807, 2.05) is 18.2 Å². The van der Waals surface area contributed by atoms with E-state index in [4.69, 9.17) is 5.11 Å². The van der Waals surface area contributed by atoms with Crippen LogP contribution in [0, 0.1) is 0 Å². The third-order valence-corrected chi connectivity index (χ3v) is 2.90. The first-order valence-corrected chi connectivity index (χ1v) is 5.42. The number of hydrogen-bond donors (Lipinski definition) is 2. The first-order chi connectivity index (χ1) is 8.19. The monoisotopic (exact) mass is 229 g/mol. The number of aromatic carboxylic acids is 1. The quantitative estimate of drug-likeness (QED) is 0.706. The second-order valence-corrected chi connectivity index (χ2v) is 3.95. The van der Waals surface area contributed by atoms with Crippen molar-refractivity contribution in [1.82, 2.24) is 14.4 Å². The third-order valence-electron chi connectivity index (χ3n) is 2.90. The fourth-order valence-corrected chi connectivity index (χ4v) is 1.97. The third kappa shape index (κ3) is 1.39. The van der Waals surface area contributed by atoms with Crippen LogP contribution in [0.5, 0.6) is 0 Å². The lowest BCUT2D eigenvalue weighted by atomic mass is 10.1. The number of imidazole rings is 2. The van der Waals surface area contributed by atoms with E-state index >= 15 is 0 Å². The molecule has 3 rings (SSSR count). The Labute approximate surface area is 96.7 Å². The molecule has 0 aliphatic heterocycles. The molecule has 0 spiro atoms. The van der Waals surface area contributed by atoms with Gasteiger partial charge in [-0.1, -0.05) is 13.0 Å². The lowest BCUT2D eigenvalue weighted by Crippen LogP contribution is -1.95. The molecule has 0 saturated carbocycles. The summed E-state index contributed by atoms with van der Waals surface area (Å²) in [6.07, 6.45) is 2.51. The molecule has 2 aromatic heterocycles. The van der Waals surface area contributed by atoms with Crippen LogP contribution in [0.25, 0.3) is 16.8 Å². The number of aromatic amines is 1. The minimum absolute atomic E-state index is 0.149. The number of H-pyrrole nitrogens is 1. The number of carbonyl (C=O) groups is 1. The smallest absolute Gasteiger partial charge is 0.353 e. The average Bonchev–Trinajstić information content (AvgIpc) is 2.85. The van der Waals surface area contributed by atoms with Crippen LogP contribution in [0.4, 0.5) is 0 Å². The SMILES string of the molecule is CCc1ccc2nc3[nH]c(C(=O)O)cn3c2c1. The predicted molar refractivity (Wildman–Crippen MR) is 63.4 cm³/mol. The number of hydrogen-bond acceptors (Lipinski definition) is 2. The number of aromatic nitrogens is 3. The van der Waals surface area contributed by atoms with E-state index in [2.05, 4.69) is 16.9 Å². The van der Waals surface area contributed by atoms with Gasteiger partial charge < -0.3 is 10.1 Å². The van der Waals surface area contributed by atoms with Crippen molar-refractivity contribution in [3.63, 3.8) is 0 Å². The second-order valence-electron chi connectivity index (χ2n) is 3.95. The summed E-state index contributed by atoms with van der Waals surface area (Å²) in [5.41, 5.74) is 3.15. The van der Waals surface area contributed by atoms with Gasteiger partial charge >= 0.3 is 5.97 Å². The van der Waals surface area contributed by atoms with Gasteiger partial charge in [-0.3, -0.25) is 4.40 Å².